The number of carbonyl (C=O) groups excluding carboxylic acids is 2. The number of aromatic nitrogens is 2. The van der Waals surface area contributed by atoms with Gasteiger partial charge in [-0.2, -0.15) is 5.10 Å². The largest absolute Gasteiger partial charge is 0.375 e. The van der Waals surface area contributed by atoms with Crippen molar-refractivity contribution >= 4 is 28.5 Å². The molecule has 0 bridgehead atoms. The summed E-state index contributed by atoms with van der Waals surface area (Å²) in [6.07, 6.45) is 3.38. The van der Waals surface area contributed by atoms with Crippen LogP contribution in [-0.2, 0) is 27.5 Å². The normalized spacial score (nSPS) is 11.9. The third kappa shape index (κ3) is 7.11. The van der Waals surface area contributed by atoms with E-state index in [-0.39, 0.29) is 16.9 Å². The SMILES string of the molecule is CC(=O)SC[C@H](C)C(=O)Nc1cnn(CCOCc2ccccc2)c1. The number of rotatable bonds is 9. The molecular weight excluding hydrogens is 338 g/mol. The van der Waals surface area contributed by atoms with Gasteiger partial charge in [0.15, 0.2) is 5.12 Å². The molecule has 0 saturated heterocycles. The van der Waals surface area contributed by atoms with Crippen LogP contribution in [0.25, 0.3) is 0 Å². The Bertz CT molecular complexity index is 688. The molecule has 0 unspecified atom stereocenters. The van der Waals surface area contributed by atoms with Gasteiger partial charge in [-0.3, -0.25) is 14.3 Å². The Morgan fingerprint density at radius 3 is 2.80 bits per heavy atom. The van der Waals surface area contributed by atoms with Crippen LogP contribution in [0, 0.1) is 5.92 Å². The monoisotopic (exact) mass is 361 g/mol. The average molecular weight is 361 g/mol. The summed E-state index contributed by atoms with van der Waals surface area (Å²) >= 11 is 1.16. The number of ether oxygens (including phenoxy) is 1. The van der Waals surface area contributed by atoms with Gasteiger partial charge >= 0.3 is 0 Å². The maximum atomic E-state index is 12.1. The van der Waals surface area contributed by atoms with E-state index in [0.717, 1.165) is 17.3 Å². The van der Waals surface area contributed by atoms with Crippen molar-refractivity contribution in [3.8, 4) is 0 Å². The van der Waals surface area contributed by atoms with E-state index in [1.54, 1.807) is 24.0 Å². The standard InChI is InChI=1S/C18H23N3O3S/c1-14(13-25-15(2)22)18(23)20-17-10-19-21(11-17)8-9-24-12-16-6-4-3-5-7-16/h3-7,10-11,14H,8-9,12-13H2,1-2H3,(H,20,23)/t14-/m0/s1. The quantitative estimate of drug-likeness (QED) is 0.695. The first-order valence-electron chi connectivity index (χ1n) is 8.13. The van der Waals surface area contributed by atoms with Gasteiger partial charge in [-0.05, 0) is 5.56 Å². The molecule has 0 radical (unpaired) electrons. The van der Waals surface area contributed by atoms with Crippen LogP contribution in [0.5, 0.6) is 0 Å². The minimum Gasteiger partial charge on any atom is -0.375 e. The van der Waals surface area contributed by atoms with Crippen LogP contribution in [0.2, 0.25) is 0 Å². The second-order valence-electron chi connectivity index (χ2n) is 5.72. The Balaban J connectivity index is 1.70. The minimum absolute atomic E-state index is 0.0166. The zero-order valence-electron chi connectivity index (χ0n) is 14.5. The van der Waals surface area contributed by atoms with E-state index in [1.807, 2.05) is 30.3 Å². The van der Waals surface area contributed by atoms with Crippen molar-refractivity contribution in [1.82, 2.24) is 9.78 Å². The van der Waals surface area contributed by atoms with E-state index in [2.05, 4.69) is 10.4 Å². The van der Waals surface area contributed by atoms with Crippen LogP contribution in [0.4, 0.5) is 5.69 Å². The van der Waals surface area contributed by atoms with Gasteiger partial charge in [0.05, 0.1) is 31.6 Å². The number of nitrogens with zero attached hydrogens (tertiary/aromatic N) is 2. The first-order valence-corrected chi connectivity index (χ1v) is 9.11. The van der Waals surface area contributed by atoms with Crippen molar-refractivity contribution in [2.45, 2.75) is 27.0 Å². The lowest BCUT2D eigenvalue weighted by atomic mass is 10.2. The number of hydrogen-bond acceptors (Lipinski definition) is 5. The van der Waals surface area contributed by atoms with Gasteiger partial charge in [0, 0.05) is 24.8 Å². The highest BCUT2D eigenvalue weighted by Crippen LogP contribution is 2.12. The summed E-state index contributed by atoms with van der Waals surface area (Å²) in [4.78, 5) is 23.0. The average Bonchev–Trinajstić information content (AvgIpc) is 3.04. The highest BCUT2D eigenvalue weighted by atomic mass is 32.2. The number of carbonyl (C=O) groups is 2. The Morgan fingerprint density at radius 1 is 1.32 bits per heavy atom. The lowest BCUT2D eigenvalue weighted by Crippen LogP contribution is -2.22. The molecule has 1 aromatic carbocycles. The lowest BCUT2D eigenvalue weighted by Gasteiger charge is -2.09. The zero-order chi connectivity index (χ0) is 18.1. The predicted molar refractivity (Wildman–Crippen MR) is 99.3 cm³/mol. The summed E-state index contributed by atoms with van der Waals surface area (Å²) in [5, 5.41) is 7.04. The fourth-order valence-electron chi connectivity index (χ4n) is 2.06. The summed E-state index contributed by atoms with van der Waals surface area (Å²) in [5.41, 5.74) is 1.78. The molecule has 1 N–H and O–H groups in total. The van der Waals surface area contributed by atoms with E-state index in [9.17, 15) is 9.59 Å². The maximum Gasteiger partial charge on any atom is 0.228 e. The van der Waals surface area contributed by atoms with Crippen molar-refractivity contribution < 1.29 is 14.3 Å². The van der Waals surface area contributed by atoms with Crippen LogP contribution in [0.15, 0.2) is 42.7 Å². The molecule has 7 heteroatoms. The van der Waals surface area contributed by atoms with Crippen molar-refractivity contribution in [3.63, 3.8) is 0 Å². The third-order valence-corrected chi connectivity index (χ3v) is 4.53. The molecule has 2 aromatic rings. The zero-order valence-corrected chi connectivity index (χ0v) is 15.3. The molecule has 0 aliphatic carbocycles. The van der Waals surface area contributed by atoms with Crippen LogP contribution < -0.4 is 5.32 Å². The van der Waals surface area contributed by atoms with Crippen LogP contribution in [-0.4, -0.2) is 33.2 Å². The van der Waals surface area contributed by atoms with E-state index < -0.39 is 0 Å². The molecule has 25 heavy (non-hydrogen) atoms. The number of benzene rings is 1. The summed E-state index contributed by atoms with van der Waals surface area (Å²) in [6, 6.07) is 9.98. The molecule has 0 aliphatic rings. The molecule has 1 amide bonds. The summed E-state index contributed by atoms with van der Waals surface area (Å²) in [5.74, 6) is 0.114. The fourth-order valence-corrected chi connectivity index (χ4v) is 2.69. The van der Waals surface area contributed by atoms with Gasteiger partial charge in [0.25, 0.3) is 0 Å². The Kier molecular flexibility index (Phi) is 7.69. The Morgan fingerprint density at radius 2 is 2.08 bits per heavy atom. The van der Waals surface area contributed by atoms with Crippen LogP contribution in [0.3, 0.4) is 0 Å². The highest BCUT2D eigenvalue weighted by molar-refractivity contribution is 8.13. The number of thioether (sulfide) groups is 1. The molecule has 1 aromatic heterocycles. The second-order valence-corrected chi connectivity index (χ2v) is 6.92. The van der Waals surface area contributed by atoms with Crippen molar-refractivity contribution in [2.75, 3.05) is 17.7 Å². The van der Waals surface area contributed by atoms with E-state index in [0.29, 0.717) is 31.2 Å². The fraction of sp³-hybridized carbons (Fsp3) is 0.389. The summed E-state index contributed by atoms with van der Waals surface area (Å²) in [7, 11) is 0. The first-order chi connectivity index (χ1) is 12.0. The first kappa shape index (κ1) is 19.2. The summed E-state index contributed by atoms with van der Waals surface area (Å²) in [6.45, 7) is 5.01. The Hall–Kier alpha value is -2.12. The molecule has 0 spiro atoms. The number of anilines is 1. The van der Waals surface area contributed by atoms with Gasteiger partial charge in [0.1, 0.15) is 0 Å². The lowest BCUT2D eigenvalue weighted by molar-refractivity contribution is -0.118. The number of nitrogens with one attached hydrogen (secondary N) is 1. The maximum absolute atomic E-state index is 12.1. The highest BCUT2D eigenvalue weighted by Gasteiger charge is 2.14. The van der Waals surface area contributed by atoms with E-state index in [1.165, 1.54) is 6.92 Å². The van der Waals surface area contributed by atoms with Crippen molar-refractivity contribution in [3.05, 3.63) is 48.3 Å². The molecule has 0 fully saturated rings. The van der Waals surface area contributed by atoms with Crippen LogP contribution >= 0.6 is 11.8 Å². The number of hydrogen-bond donors (Lipinski definition) is 1. The molecule has 2 rings (SSSR count). The molecule has 1 atom stereocenters. The van der Waals surface area contributed by atoms with Gasteiger partial charge in [-0.15, -0.1) is 0 Å². The van der Waals surface area contributed by atoms with Gasteiger partial charge in [-0.25, -0.2) is 0 Å². The topological polar surface area (TPSA) is 73.2 Å². The molecule has 0 aliphatic heterocycles. The van der Waals surface area contributed by atoms with Gasteiger partial charge in [-0.1, -0.05) is 49.0 Å². The van der Waals surface area contributed by atoms with Crippen molar-refractivity contribution in [1.29, 1.82) is 0 Å². The van der Waals surface area contributed by atoms with E-state index in [4.69, 9.17) is 4.74 Å². The van der Waals surface area contributed by atoms with Gasteiger partial charge < -0.3 is 10.1 Å². The molecule has 134 valence electrons. The van der Waals surface area contributed by atoms with Crippen LogP contribution in [0.1, 0.15) is 19.4 Å². The molecule has 0 saturated carbocycles. The predicted octanol–water partition coefficient (Wildman–Crippen LogP) is 2.95. The van der Waals surface area contributed by atoms with Crippen molar-refractivity contribution in [2.24, 2.45) is 5.92 Å². The smallest absolute Gasteiger partial charge is 0.228 e. The number of amides is 1. The summed E-state index contributed by atoms with van der Waals surface area (Å²) < 4.78 is 7.36. The minimum atomic E-state index is -0.244. The molecule has 1 heterocycles. The third-order valence-electron chi connectivity index (χ3n) is 3.46. The molecular formula is C18H23N3O3S. The second kappa shape index (κ2) is 10.0. The molecule has 6 nitrogen and oxygen atoms in total. The van der Waals surface area contributed by atoms with E-state index >= 15 is 0 Å². The van der Waals surface area contributed by atoms with Gasteiger partial charge in [0.2, 0.25) is 5.91 Å². The Labute approximate surface area is 151 Å².